The minimum atomic E-state index is -0.247. The van der Waals surface area contributed by atoms with Crippen LogP contribution in [0.5, 0.6) is 0 Å². The number of thiophene rings is 1. The maximum absolute atomic E-state index is 13.0. The lowest BCUT2D eigenvalue weighted by molar-refractivity contribution is 0.0714. The van der Waals surface area contributed by atoms with Crippen molar-refractivity contribution >= 4 is 28.3 Å². The van der Waals surface area contributed by atoms with Crippen molar-refractivity contribution in [2.45, 2.75) is 38.6 Å². The van der Waals surface area contributed by atoms with Crippen LogP contribution >= 0.6 is 11.3 Å². The molecule has 1 atom stereocenters. The minimum absolute atomic E-state index is 0.00875. The largest absolute Gasteiger partial charge is 0.459 e. The number of benzene rings is 1. The maximum Gasteiger partial charge on any atom is 0.409 e. The minimum Gasteiger partial charge on any atom is -0.459 e. The van der Waals surface area contributed by atoms with Crippen molar-refractivity contribution in [2.24, 2.45) is 0 Å². The van der Waals surface area contributed by atoms with Gasteiger partial charge in [0.2, 0.25) is 0 Å². The topological polar surface area (TPSA) is 75.0 Å². The first-order chi connectivity index (χ1) is 17.2. The van der Waals surface area contributed by atoms with Crippen molar-refractivity contribution in [1.29, 1.82) is 0 Å². The van der Waals surface area contributed by atoms with Gasteiger partial charge in [0, 0.05) is 36.6 Å². The number of furan rings is 1. The van der Waals surface area contributed by atoms with Gasteiger partial charge in [-0.2, -0.15) is 0 Å². The number of ether oxygens (including phenoxy) is 1. The molecule has 1 saturated heterocycles. The fourth-order valence-electron chi connectivity index (χ4n) is 5.12. The lowest BCUT2D eigenvalue weighted by Crippen LogP contribution is -2.50. The van der Waals surface area contributed by atoms with E-state index in [4.69, 9.17) is 9.15 Å². The highest BCUT2D eigenvalue weighted by Crippen LogP contribution is 2.45. The van der Waals surface area contributed by atoms with Gasteiger partial charge in [-0.25, -0.2) is 4.79 Å². The van der Waals surface area contributed by atoms with Crippen LogP contribution < -0.4 is 5.32 Å². The Balaban J connectivity index is 1.51. The normalized spacial score (nSPS) is 17.0. The molecule has 2 aromatic heterocycles. The molecule has 7 nitrogen and oxygen atoms in total. The Labute approximate surface area is 209 Å². The molecule has 184 valence electrons. The summed E-state index contributed by atoms with van der Waals surface area (Å²) in [6.45, 7) is 4.90. The van der Waals surface area contributed by atoms with Crippen molar-refractivity contribution in [2.75, 3.05) is 38.1 Å². The molecule has 1 aliphatic heterocycles. The quantitative estimate of drug-likeness (QED) is 0.502. The summed E-state index contributed by atoms with van der Waals surface area (Å²) in [6.07, 6.45) is 5.66. The molecule has 2 amide bonds. The molecule has 5 rings (SSSR count). The fourth-order valence-corrected chi connectivity index (χ4v) is 6.43. The number of nitrogens with zero attached hydrogens (tertiary/aromatic N) is 2. The van der Waals surface area contributed by atoms with Gasteiger partial charge >= 0.3 is 6.09 Å². The van der Waals surface area contributed by atoms with E-state index in [2.05, 4.69) is 34.5 Å². The number of anilines is 1. The molecule has 3 aromatic rings. The smallest absolute Gasteiger partial charge is 0.409 e. The Hall–Kier alpha value is -3.10. The lowest BCUT2D eigenvalue weighted by Gasteiger charge is -2.40. The SMILES string of the molecule is CCOC(=O)N1CCN([C@H](c2ccccc2)c2c(NC(=O)c3ccco3)sc3c2CCCC3)CC1. The van der Waals surface area contributed by atoms with Gasteiger partial charge in [-0.05, 0) is 55.9 Å². The number of amides is 2. The number of nitrogens with one attached hydrogen (secondary N) is 1. The van der Waals surface area contributed by atoms with Gasteiger partial charge in [0.1, 0.15) is 5.00 Å². The highest BCUT2D eigenvalue weighted by atomic mass is 32.1. The van der Waals surface area contributed by atoms with Crippen LogP contribution in [0.15, 0.2) is 53.1 Å². The summed E-state index contributed by atoms with van der Waals surface area (Å²) in [5.41, 5.74) is 3.76. The number of hydrogen-bond donors (Lipinski definition) is 1. The van der Waals surface area contributed by atoms with Gasteiger partial charge in [0.15, 0.2) is 5.76 Å². The van der Waals surface area contributed by atoms with Crippen LogP contribution in [0, 0.1) is 0 Å². The van der Waals surface area contributed by atoms with Crippen molar-refractivity contribution < 1.29 is 18.7 Å². The second-order valence-electron chi connectivity index (χ2n) is 8.92. The Bertz CT molecular complexity index is 1150. The number of rotatable bonds is 6. The van der Waals surface area contributed by atoms with Gasteiger partial charge in [-0.1, -0.05) is 30.3 Å². The second-order valence-corrected chi connectivity index (χ2v) is 10.0. The number of piperazine rings is 1. The van der Waals surface area contributed by atoms with Gasteiger partial charge in [0.05, 0.1) is 18.9 Å². The summed E-state index contributed by atoms with van der Waals surface area (Å²) in [4.78, 5) is 30.9. The molecule has 1 N–H and O–H groups in total. The average molecular weight is 494 g/mol. The molecule has 0 bridgehead atoms. The molecular formula is C27H31N3O4S. The van der Waals surface area contributed by atoms with Crippen LogP contribution in [-0.2, 0) is 17.6 Å². The van der Waals surface area contributed by atoms with Crippen LogP contribution in [0.3, 0.4) is 0 Å². The molecule has 1 fully saturated rings. The molecule has 1 aliphatic carbocycles. The van der Waals surface area contributed by atoms with Crippen molar-refractivity contribution in [3.63, 3.8) is 0 Å². The fraction of sp³-hybridized carbons (Fsp3) is 0.407. The lowest BCUT2D eigenvalue weighted by atomic mass is 9.88. The van der Waals surface area contributed by atoms with Gasteiger partial charge in [-0.3, -0.25) is 9.69 Å². The molecule has 0 saturated carbocycles. The van der Waals surface area contributed by atoms with Crippen LogP contribution in [0.25, 0.3) is 0 Å². The predicted molar refractivity (Wildman–Crippen MR) is 136 cm³/mol. The van der Waals surface area contributed by atoms with Gasteiger partial charge in [-0.15, -0.1) is 11.3 Å². The molecule has 1 aromatic carbocycles. The summed E-state index contributed by atoms with van der Waals surface area (Å²) in [7, 11) is 0. The van der Waals surface area contributed by atoms with Crippen molar-refractivity contribution in [1.82, 2.24) is 9.80 Å². The summed E-state index contributed by atoms with van der Waals surface area (Å²) >= 11 is 1.70. The molecule has 2 aliphatic rings. The van der Waals surface area contributed by atoms with Crippen molar-refractivity contribution in [3.8, 4) is 0 Å². The first kappa shape index (κ1) is 23.6. The first-order valence-corrected chi connectivity index (χ1v) is 13.2. The molecular weight excluding hydrogens is 462 g/mol. The van der Waals surface area contributed by atoms with Crippen molar-refractivity contribution in [3.05, 3.63) is 76.1 Å². The second kappa shape index (κ2) is 10.7. The molecule has 0 unspecified atom stereocenters. The number of carbonyl (C=O) groups excluding carboxylic acids is 2. The summed E-state index contributed by atoms with van der Waals surface area (Å²) in [6, 6.07) is 13.9. The third-order valence-electron chi connectivity index (χ3n) is 6.78. The van der Waals surface area contributed by atoms with E-state index in [0.29, 0.717) is 25.5 Å². The van der Waals surface area contributed by atoms with E-state index in [1.165, 1.54) is 34.3 Å². The van der Waals surface area contributed by atoms with Gasteiger partial charge < -0.3 is 19.4 Å². The standard InChI is InChI=1S/C27H31N3O4S/c1-2-33-27(32)30-16-14-29(15-17-30)24(19-9-4-3-5-10-19)23-20-11-6-7-13-22(20)35-26(23)28-25(31)21-12-8-18-34-21/h3-5,8-10,12,18,24H,2,6-7,11,13-17H2,1H3,(H,28,31)/t24-/m1/s1. The highest BCUT2D eigenvalue weighted by molar-refractivity contribution is 7.16. The monoisotopic (exact) mass is 493 g/mol. The number of fused-ring (bicyclic) bond motifs is 1. The van der Waals surface area contributed by atoms with E-state index in [-0.39, 0.29) is 18.0 Å². The number of aryl methyl sites for hydroxylation is 1. The predicted octanol–water partition coefficient (Wildman–Crippen LogP) is 5.34. The summed E-state index contributed by atoms with van der Waals surface area (Å²) < 4.78 is 10.6. The number of hydrogen-bond acceptors (Lipinski definition) is 6. The van der Waals surface area contributed by atoms with Crippen LogP contribution in [0.2, 0.25) is 0 Å². The van der Waals surface area contributed by atoms with E-state index in [0.717, 1.165) is 37.4 Å². The van der Waals surface area contributed by atoms with Crippen LogP contribution in [-0.4, -0.2) is 54.6 Å². The molecule has 0 radical (unpaired) electrons. The number of carbonyl (C=O) groups is 2. The summed E-state index contributed by atoms with van der Waals surface area (Å²) in [5.74, 6) is 0.0791. The van der Waals surface area contributed by atoms with Gasteiger partial charge in [0.25, 0.3) is 5.91 Å². The summed E-state index contributed by atoms with van der Waals surface area (Å²) in [5, 5.41) is 4.08. The Morgan fingerprint density at radius 3 is 2.54 bits per heavy atom. The van der Waals surface area contributed by atoms with E-state index in [1.54, 1.807) is 28.4 Å². The Morgan fingerprint density at radius 2 is 1.83 bits per heavy atom. The zero-order valence-electron chi connectivity index (χ0n) is 20.0. The third-order valence-corrected chi connectivity index (χ3v) is 8.00. The highest BCUT2D eigenvalue weighted by Gasteiger charge is 2.34. The molecule has 35 heavy (non-hydrogen) atoms. The first-order valence-electron chi connectivity index (χ1n) is 12.4. The maximum atomic E-state index is 13.0. The Kier molecular flexibility index (Phi) is 7.20. The molecule has 8 heteroatoms. The van der Waals surface area contributed by atoms with E-state index in [1.807, 2.05) is 13.0 Å². The Morgan fingerprint density at radius 1 is 1.06 bits per heavy atom. The zero-order chi connectivity index (χ0) is 24.2. The average Bonchev–Trinajstić information content (AvgIpc) is 3.55. The zero-order valence-corrected chi connectivity index (χ0v) is 20.8. The van der Waals surface area contributed by atoms with Crippen LogP contribution in [0.1, 0.15) is 57.9 Å². The van der Waals surface area contributed by atoms with E-state index >= 15 is 0 Å². The molecule has 3 heterocycles. The third kappa shape index (κ3) is 4.99. The van der Waals surface area contributed by atoms with Crippen LogP contribution in [0.4, 0.5) is 9.80 Å². The molecule has 0 spiro atoms. The van der Waals surface area contributed by atoms with E-state index < -0.39 is 0 Å². The van der Waals surface area contributed by atoms with E-state index in [9.17, 15) is 9.59 Å².